The van der Waals surface area contributed by atoms with Crippen LogP contribution in [0.15, 0.2) is 91.3 Å². The summed E-state index contributed by atoms with van der Waals surface area (Å²) in [6.45, 7) is 8.00. The van der Waals surface area contributed by atoms with Crippen molar-refractivity contribution in [3.8, 4) is 0 Å². The van der Waals surface area contributed by atoms with E-state index in [4.69, 9.17) is 4.74 Å². The van der Waals surface area contributed by atoms with Crippen molar-refractivity contribution in [2.75, 3.05) is 39.2 Å². The van der Waals surface area contributed by atoms with Gasteiger partial charge in [0.15, 0.2) is 11.6 Å². The Morgan fingerprint density at radius 1 is 1.02 bits per heavy atom. The molecule has 0 bridgehead atoms. The number of rotatable bonds is 13. The standard InChI is InChI=1S/C34H34F3N5O3/c1-5-22(21-41(3)13-14-45-4)15-24(6-2)25-11-12-42-31(20-38-32(42)18-25)34(44)40-30-17-26(8-10-28(30)36)33(43)39-19-23-7-9-27(35)29(37)16-23/h5-12,15-18,20H,2,13-14,19,21H2,1,3-4H3,(H,39,43)(H,40,44). The van der Waals surface area contributed by atoms with E-state index in [0.717, 1.165) is 48.0 Å². The number of aromatic nitrogens is 2. The van der Waals surface area contributed by atoms with Gasteiger partial charge in [-0.15, -0.1) is 0 Å². The average Bonchev–Trinajstić information content (AvgIpc) is 3.47. The number of fused-ring (bicyclic) bond motifs is 1. The number of halogens is 3. The number of anilines is 1. The molecule has 0 spiro atoms. The van der Waals surface area contributed by atoms with Gasteiger partial charge in [0, 0.05) is 38.5 Å². The maximum absolute atomic E-state index is 14.7. The normalized spacial score (nSPS) is 12.1. The number of carbonyl (C=O) groups excluding carboxylic acids is 2. The highest BCUT2D eigenvalue weighted by Gasteiger charge is 2.17. The van der Waals surface area contributed by atoms with Gasteiger partial charge in [-0.2, -0.15) is 0 Å². The number of amides is 2. The number of ether oxygens (including phenoxy) is 1. The second-order valence-corrected chi connectivity index (χ2v) is 10.3. The Labute approximate surface area is 259 Å². The van der Waals surface area contributed by atoms with Crippen molar-refractivity contribution in [1.82, 2.24) is 19.6 Å². The van der Waals surface area contributed by atoms with E-state index in [9.17, 15) is 22.8 Å². The van der Waals surface area contributed by atoms with Gasteiger partial charge in [-0.1, -0.05) is 30.9 Å². The van der Waals surface area contributed by atoms with Gasteiger partial charge in [0.1, 0.15) is 17.2 Å². The molecule has 11 heteroatoms. The van der Waals surface area contributed by atoms with Crippen LogP contribution in [-0.2, 0) is 11.3 Å². The van der Waals surface area contributed by atoms with Crippen LogP contribution in [0.5, 0.6) is 0 Å². The molecule has 0 aliphatic rings. The van der Waals surface area contributed by atoms with E-state index in [1.807, 2.05) is 38.3 Å². The number of allylic oxidation sites excluding steroid dienone is 3. The summed E-state index contributed by atoms with van der Waals surface area (Å²) >= 11 is 0. The predicted octanol–water partition coefficient (Wildman–Crippen LogP) is 6.03. The molecule has 0 radical (unpaired) electrons. The molecule has 0 fully saturated rings. The molecule has 0 aliphatic heterocycles. The summed E-state index contributed by atoms with van der Waals surface area (Å²) in [4.78, 5) is 32.4. The summed E-state index contributed by atoms with van der Waals surface area (Å²) < 4.78 is 48.0. The highest BCUT2D eigenvalue weighted by atomic mass is 19.2. The summed E-state index contributed by atoms with van der Waals surface area (Å²) in [5.41, 5.74) is 3.66. The van der Waals surface area contributed by atoms with Gasteiger partial charge >= 0.3 is 0 Å². The number of pyridine rings is 1. The van der Waals surface area contributed by atoms with Gasteiger partial charge in [-0.25, -0.2) is 18.2 Å². The lowest BCUT2D eigenvalue weighted by atomic mass is 10.0. The molecule has 2 aromatic heterocycles. The Bertz CT molecular complexity index is 1780. The van der Waals surface area contributed by atoms with Crippen LogP contribution in [0, 0.1) is 17.5 Å². The van der Waals surface area contributed by atoms with E-state index >= 15 is 0 Å². The number of benzene rings is 2. The molecule has 4 rings (SSSR count). The molecule has 2 aromatic carbocycles. The molecule has 2 N–H and O–H groups in total. The fourth-order valence-corrected chi connectivity index (χ4v) is 4.53. The van der Waals surface area contributed by atoms with Crippen LogP contribution in [0.25, 0.3) is 11.2 Å². The number of imidazole rings is 1. The first-order valence-electron chi connectivity index (χ1n) is 14.1. The minimum absolute atomic E-state index is 0.0613. The maximum atomic E-state index is 14.7. The number of nitrogens with one attached hydrogen (secondary N) is 2. The minimum Gasteiger partial charge on any atom is -0.383 e. The molecule has 0 saturated heterocycles. The monoisotopic (exact) mass is 617 g/mol. The van der Waals surface area contributed by atoms with Crippen LogP contribution in [0.4, 0.5) is 18.9 Å². The Kier molecular flexibility index (Phi) is 11.1. The number of hydrogen-bond donors (Lipinski definition) is 2. The van der Waals surface area contributed by atoms with Crippen molar-refractivity contribution in [2.24, 2.45) is 0 Å². The summed E-state index contributed by atoms with van der Waals surface area (Å²) in [5, 5.41) is 5.07. The highest BCUT2D eigenvalue weighted by molar-refractivity contribution is 6.04. The van der Waals surface area contributed by atoms with Crippen LogP contribution in [0.1, 0.15) is 38.9 Å². The average molecular weight is 618 g/mol. The Hall–Kier alpha value is -5.00. The van der Waals surface area contributed by atoms with Crippen LogP contribution >= 0.6 is 0 Å². The van der Waals surface area contributed by atoms with Crippen molar-refractivity contribution >= 4 is 28.7 Å². The first-order valence-corrected chi connectivity index (χ1v) is 14.1. The maximum Gasteiger partial charge on any atom is 0.274 e. The van der Waals surface area contributed by atoms with Gasteiger partial charge in [-0.3, -0.25) is 18.9 Å². The SMILES string of the molecule is C=CC(=CC(=CC)CN(C)CCOC)c1ccn2c(C(=O)Nc3cc(C(=O)NCc4ccc(F)c(F)c4)ccc3F)cnc2c1. The van der Waals surface area contributed by atoms with Gasteiger partial charge in [0.25, 0.3) is 11.8 Å². The largest absolute Gasteiger partial charge is 0.383 e. The molecule has 45 heavy (non-hydrogen) atoms. The first kappa shape index (κ1) is 32.9. The van der Waals surface area contributed by atoms with Crippen molar-refractivity contribution in [3.05, 3.63) is 131 Å². The molecule has 0 unspecified atom stereocenters. The number of likely N-dealkylation sites (N-methyl/N-ethyl adjacent to an activating group) is 1. The Morgan fingerprint density at radius 2 is 1.80 bits per heavy atom. The Morgan fingerprint density at radius 3 is 2.51 bits per heavy atom. The smallest absolute Gasteiger partial charge is 0.274 e. The van der Waals surface area contributed by atoms with Gasteiger partial charge in [0.05, 0.1) is 18.5 Å². The van der Waals surface area contributed by atoms with E-state index in [1.54, 1.807) is 23.8 Å². The van der Waals surface area contributed by atoms with Crippen LogP contribution in [-0.4, -0.2) is 60.0 Å². The lowest BCUT2D eigenvalue weighted by Gasteiger charge is -2.17. The number of nitrogens with zero attached hydrogens (tertiary/aromatic N) is 3. The number of carbonyl (C=O) groups is 2. The molecule has 2 amide bonds. The van der Waals surface area contributed by atoms with Crippen molar-refractivity contribution in [1.29, 1.82) is 0 Å². The number of methoxy groups -OCH3 is 1. The fraction of sp³-hybridized carbons (Fsp3) is 0.206. The van der Waals surface area contributed by atoms with Gasteiger partial charge in [-0.05, 0) is 78.7 Å². The minimum atomic E-state index is -1.03. The van der Waals surface area contributed by atoms with E-state index in [-0.39, 0.29) is 23.5 Å². The predicted molar refractivity (Wildman–Crippen MR) is 168 cm³/mol. The molecule has 2 heterocycles. The van der Waals surface area contributed by atoms with E-state index in [2.05, 4.69) is 27.1 Å². The van der Waals surface area contributed by atoms with E-state index in [0.29, 0.717) is 17.8 Å². The van der Waals surface area contributed by atoms with Gasteiger partial charge < -0.3 is 15.4 Å². The van der Waals surface area contributed by atoms with Crippen LogP contribution in [0.2, 0.25) is 0 Å². The molecular weight excluding hydrogens is 583 g/mol. The van der Waals surface area contributed by atoms with Crippen molar-refractivity contribution in [2.45, 2.75) is 13.5 Å². The van der Waals surface area contributed by atoms with E-state index < -0.39 is 29.3 Å². The molecule has 8 nitrogen and oxygen atoms in total. The molecule has 0 saturated carbocycles. The second kappa shape index (κ2) is 15.1. The zero-order valence-corrected chi connectivity index (χ0v) is 25.2. The molecular formula is C34H34F3N5O3. The highest BCUT2D eigenvalue weighted by Crippen LogP contribution is 2.22. The Balaban J connectivity index is 1.48. The van der Waals surface area contributed by atoms with Crippen LogP contribution < -0.4 is 10.6 Å². The lowest BCUT2D eigenvalue weighted by Crippen LogP contribution is -2.24. The zero-order chi connectivity index (χ0) is 32.5. The zero-order valence-electron chi connectivity index (χ0n) is 25.2. The quantitative estimate of drug-likeness (QED) is 0.179. The van der Waals surface area contributed by atoms with Crippen molar-refractivity contribution in [3.63, 3.8) is 0 Å². The molecule has 4 aromatic rings. The second-order valence-electron chi connectivity index (χ2n) is 10.3. The van der Waals surface area contributed by atoms with E-state index in [1.165, 1.54) is 24.4 Å². The topological polar surface area (TPSA) is 88.0 Å². The summed E-state index contributed by atoms with van der Waals surface area (Å²) in [7, 11) is 3.69. The third-order valence-corrected chi connectivity index (χ3v) is 7.05. The third-order valence-electron chi connectivity index (χ3n) is 7.05. The first-order chi connectivity index (χ1) is 21.6. The summed E-state index contributed by atoms with van der Waals surface area (Å²) in [5.74, 6) is -4.00. The molecule has 234 valence electrons. The summed E-state index contributed by atoms with van der Waals surface area (Å²) in [6, 6.07) is 10.4. The van der Waals surface area contributed by atoms with Crippen LogP contribution in [0.3, 0.4) is 0 Å². The van der Waals surface area contributed by atoms with Crippen molar-refractivity contribution < 1.29 is 27.5 Å². The molecule has 0 aliphatic carbocycles. The fourth-order valence-electron chi connectivity index (χ4n) is 4.53. The summed E-state index contributed by atoms with van der Waals surface area (Å²) in [6.07, 6.45) is 8.91. The third kappa shape index (κ3) is 8.34. The lowest BCUT2D eigenvalue weighted by molar-refractivity contribution is 0.0949. The molecule has 0 atom stereocenters. The number of hydrogen-bond acceptors (Lipinski definition) is 5. The van der Waals surface area contributed by atoms with Gasteiger partial charge in [0.2, 0.25) is 0 Å².